The normalized spacial score (nSPS) is 10.3. The number of nitrogens with one attached hydrogen (secondary N) is 1. The molecule has 98 valence electrons. The minimum atomic E-state index is -0.360. The summed E-state index contributed by atoms with van der Waals surface area (Å²) in [6.45, 7) is 3.91. The third-order valence-electron chi connectivity index (χ3n) is 2.83. The van der Waals surface area contributed by atoms with Crippen molar-refractivity contribution >= 4 is 23.2 Å². The van der Waals surface area contributed by atoms with Crippen molar-refractivity contribution in [3.05, 3.63) is 58.1 Å². The minimum Gasteiger partial charge on any atom is -0.507 e. The van der Waals surface area contributed by atoms with Crippen molar-refractivity contribution < 1.29 is 9.90 Å². The van der Waals surface area contributed by atoms with Crippen molar-refractivity contribution in [2.24, 2.45) is 0 Å². The van der Waals surface area contributed by atoms with E-state index in [0.717, 1.165) is 16.8 Å². The summed E-state index contributed by atoms with van der Waals surface area (Å²) in [5.74, 6) is -0.490. The number of halogens is 1. The lowest BCUT2D eigenvalue weighted by atomic mass is 10.1. The first kappa shape index (κ1) is 13.4. The van der Waals surface area contributed by atoms with E-state index in [1.54, 1.807) is 6.07 Å². The van der Waals surface area contributed by atoms with Crippen LogP contribution in [0.5, 0.6) is 5.75 Å². The molecule has 0 radical (unpaired) electrons. The quantitative estimate of drug-likeness (QED) is 0.873. The number of amides is 1. The maximum absolute atomic E-state index is 12.1. The van der Waals surface area contributed by atoms with E-state index < -0.39 is 0 Å². The van der Waals surface area contributed by atoms with Gasteiger partial charge in [-0.05, 0) is 43.7 Å². The predicted molar refractivity (Wildman–Crippen MR) is 77.0 cm³/mol. The maximum atomic E-state index is 12.1. The molecule has 0 aliphatic heterocycles. The fourth-order valence-electron chi connectivity index (χ4n) is 1.84. The zero-order valence-corrected chi connectivity index (χ0v) is 11.5. The summed E-state index contributed by atoms with van der Waals surface area (Å²) in [4.78, 5) is 12.1. The fraction of sp³-hybridized carbons (Fsp3) is 0.133. The molecule has 0 heterocycles. The van der Waals surface area contributed by atoms with Gasteiger partial charge in [0.1, 0.15) is 5.75 Å². The van der Waals surface area contributed by atoms with Crippen molar-refractivity contribution in [3.63, 3.8) is 0 Å². The van der Waals surface area contributed by atoms with Gasteiger partial charge in [-0.1, -0.05) is 29.3 Å². The number of phenols is 1. The highest BCUT2D eigenvalue weighted by Crippen LogP contribution is 2.24. The molecular formula is C15H14ClNO2. The lowest BCUT2D eigenvalue weighted by Gasteiger charge is -2.10. The number of carbonyl (C=O) groups excluding carboxylic acids is 1. The molecular weight excluding hydrogens is 262 g/mol. The van der Waals surface area contributed by atoms with Crippen LogP contribution in [0.2, 0.25) is 5.02 Å². The summed E-state index contributed by atoms with van der Waals surface area (Å²) in [5.41, 5.74) is 3.03. The van der Waals surface area contributed by atoms with Crippen LogP contribution in [0.1, 0.15) is 21.5 Å². The number of hydrogen-bond donors (Lipinski definition) is 2. The average Bonchev–Trinajstić information content (AvgIpc) is 2.32. The van der Waals surface area contributed by atoms with Gasteiger partial charge in [0, 0.05) is 10.7 Å². The zero-order chi connectivity index (χ0) is 14.0. The van der Waals surface area contributed by atoms with Crippen molar-refractivity contribution in [2.75, 3.05) is 5.32 Å². The van der Waals surface area contributed by atoms with E-state index in [2.05, 4.69) is 5.32 Å². The van der Waals surface area contributed by atoms with Gasteiger partial charge in [-0.25, -0.2) is 0 Å². The summed E-state index contributed by atoms with van der Waals surface area (Å²) in [6.07, 6.45) is 0. The van der Waals surface area contributed by atoms with Crippen LogP contribution >= 0.6 is 11.6 Å². The minimum absolute atomic E-state index is 0.130. The molecule has 3 nitrogen and oxygen atoms in total. The molecule has 4 heteroatoms. The van der Waals surface area contributed by atoms with Gasteiger partial charge in [-0.3, -0.25) is 4.79 Å². The van der Waals surface area contributed by atoms with E-state index in [-0.39, 0.29) is 17.2 Å². The molecule has 0 aliphatic carbocycles. The van der Waals surface area contributed by atoms with E-state index in [1.165, 1.54) is 12.1 Å². The third kappa shape index (κ3) is 3.06. The number of anilines is 1. The van der Waals surface area contributed by atoms with Crippen molar-refractivity contribution in [3.8, 4) is 5.75 Å². The number of benzene rings is 2. The van der Waals surface area contributed by atoms with Gasteiger partial charge >= 0.3 is 0 Å². The van der Waals surface area contributed by atoms with Crippen LogP contribution in [0, 0.1) is 13.8 Å². The number of aromatic hydroxyl groups is 1. The third-order valence-corrected chi connectivity index (χ3v) is 3.07. The molecule has 0 bridgehead atoms. The van der Waals surface area contributed by atoms with Crippen molar-refractivity contribution in [2.45, 2.75) is 13.8 Å². The molecule has 0 fully saturated rings. The van der Waals surface area contributed by atoms with Gasteiger partial charge in [0.15, 0.2) is 0 Å². The van der Waals surface area contributed by atoms with E-state index >= 15 is 0 Å². The second-order valence-electron chi connectivity index (χ2n) is 4.43. The van der Waals surface area contributed by atoms with Crippen LogP contribution in [0.15, 0.2) is 36.4 Å². The molecule has 2 N–H and O–H groups in total. The summed E-state index contributed by atoms with van der Waals surface area (Å²) >= 11 is 5.73. The van der Waals surface area contributed by atoms with Crippen LogP contribution in [-0.4, -0.2) is 11.0 Å². The smallest absolute Gasteiger partial charge is 0.259 e. The second kappa shape index (κ2) is 5.33. The molecule has 0 spiro atoms. The van der Waals surface area contributed by atoms with Gasteiger partial charge in [0.05, 0.1) is 5.56 Å². The number of hydrogen-bond acceptors (Lipinski definition) is 2. The first-order valence-corrected chi connectivity index (χ1v) is 6.22. The molecule has 2 aromatic carbocycles. The van der Waals surface area contributed by atoms with Gasteiger partial charge in [0.2, 0.25) is 0 Å². The average molecular weight is 276 g/mol. The van der Waals surface area contributed by atoms with Crippen molar-refractivity contribution in [1.82, 2.24) is 0 Å². The van der Waals surface area contributed by atoms with E-state index in [1.807, 2.05) is 32.0 Å². The Morgan fingerprint density at radius 2 is 1.89 bits per heavy atom. The van der Waals surface area contributed by atoms with Crippen LogP contribution < -0.4 is 5.32 Å². The van der Waals surface area contributed by atoms with Gasteiger partial charge in [0.25, 0.3) is 5.91 Å². The standard InChI is InChI=1S/C15H14ClNO2/c1-9-3-6-13(10(2)7-9)17-15(19)12-5-4-11(16)8-14(12)18/h3-8,18H,1-2H3,(H,17,19). The summed E-state index contributed by atoms with van der Waals surface area (Å²) in [7, 11) is 0. The Bertz CT molecular complexity index is 638. The Morgan fingerprint density at radius 3 is 2.53 bits per heavy atom. The number of carbonyl (C=O) groups is 1. The SMILES string of the molecule is Cc1ccc(NC(=O)c2ccc(Cl)cc2O)c(C)c1. The zero-order valence-electron chi connectivity index (χ0n) is 10.7. The monoisotopic (exact) mass is 275 g/mol. The van der Waals surface area contributed by atoms with Gasteiger partial charge < -0.3 is 10.4 Å². The van der Waals surface area contributed by atoms with Gasteiger partial charge in [-0.2, -0.15) is 0 Å². The Hall–Kier alpha value is -2.00. The highest BCUT2D eigenvalue weighted by atomic mass is 35.5. The van der Waals surface area contributed by atoms with Gasteiger partial charge in [-0.15, -0.1) is 0 Å². The number of aryl methyl sites for hydroxylation is 2. The number of phenolic OH excluding ortho intramolecular Hbond substituents is 1. The molecule has 0 saturated heterocycles. The van der Waals surface area contributed by atoms with E-state index in [9.17, 15) is 9.90 Å². The Labute approximate surface area is 116 Å². The van der Waals surface area contributed by atoms with Crippen molar-refractivity contribution in [1.29, 1.82) is 0 Å². The van der Waals surface area contributed by atoms with Crippen LogP contribution in [-0.2, 0) is 0 Å². The molecule has 2 aromatic rings. The molecule has 0 unspecified atom stereocenters. The summed E-state index contributed by atoms with van der Waals surface area (Å²) in [6, 6.07) is 10.2. The summed E-state index contributed by atoms with van der Waals surface area (Å²) in [5, 5.41) is 12.9. The first-order chi connectivity index (χ1) is 8.97. The number of rotatable bonds is 2. The Balaban J connectivity index is 2.25. The van der Waals surface area contributed by atoms with E-state index in [0.29, 0.717) is 5.02 Å². The molecule has 2 rings (SSSR count). The van der Waals surface area contributed by atoms with Crippen LogP contribution in [0.25, 0.3) is 0 Å². The largest absolute Gasteiger partial charge is 0.507 e. The van der Waals surface area contributed by atoms with E-state index in [4.69, 9.17) is 11.6 Å². The Kier molecular flexibility index (Phi) is 3.76. The molecule has 0 saturated carbocycles. The first-order valence-electron chi connectivity index (χ1n) is 5.84. The molecule has 19 heavy (non-hydrogen) atoms. The highest BCUT2D eigenvalue weighted by Gasteiger charge is 2.12. The summed E-state index contributed by atoms with van der Waals surface area (Å²) < 4.78 is 0. The molecule has 0 atom stereocenters. The molecule has 0 aliphatic rings. The topological polar surface area (TPSA) is 49.3 Å². The molecule has 0 aromatic heterocycles. The van der Waals surface area contributed by atoms with Crippen LogP contribution in [0.4, 0.5) is 5.69 Å². The lowest BCUT2D eigenvalue weighted by Crippen LogP contribution is -2.13. The second-order valence-corrected chi connectivity index (χ2v) is 4.87. The Morgan fingerprint density at radius 1 is 1.16 bits per heavy atom. The lowest BCUT2D eigenvalue weighted by molar-refractivity contribution is 0.102. The van der Waals surface area contributed by atoms with Crippen LogP contribution in [0.3, 0.4) is 0 Å². The predicted octanol–water partition coefficient (Wildman–Crippen LogP) is 3.91. The molecule has 1 amide bonds. The maximum Gasteiger partial charge on any atom is 0.259 e. The fourth-order valence-corrected chi connectivity index (χ4v) is 2.01. The highest BCUT2D eigenvalue weighted by molar-refractivity contribution is 6.31.